The van der Waals surface area contributed by atoms with E-state index in [4.69, 9.17) is 4.42 Å². The van der Waals surface area contributed by atoms with Crippen LogP contribution >= 0.6 is 0 Å². The van der Waals surface area contributed by atoms with Gasteiger partial charge in [-0.15, -0.1) is 0 Å². The van der Waals surface area contributed by atoms with Crippen molar-refractivity contribution in [3.05, 3.63) is 23.7 Å². The molecule has 9 heteroatoms. The van der Waals surface area contributed by atoms with Crippen molar-refractivity contribution in [2.45, 2.75) is 38.5 Å². The molecule has 0 radical (unpaired) electrons. The summed E-state index contributed by atoms with van der Waals surface area (Å²) in [6.45, 7) is 2.01. The van der Waals surface area contributed by atoms with E-state index in [9.17, 15) is 26.3 Å². The molecule has 0 bridgehead atoms. The van der Waals surface area contributed by atoms with Gasteiger partial charge in [0.05, 0.1) is 6.26 Å². The summed E-state index contributed by atoms with van der Waals surface area (Å²) in [5.41, 5.74) is 0.612. The number of ether oxygens (including phenoxy) is 1. The topological polar surface area (TPSA) is 34.4 Å². The molecule has 0 unspecified atom stereocenters. The van der Waals surface area contributed by atoms with Crippen molar-refractivity contribution in [3.8, 4) is 0 Å². The Morgan fingerprint density at radius 2 is 1.80 bits per heavy atom. The van der Waals surface area contributed by atoms with E-state index >= 15 is 0 Å². The van der Waals surface area contributed by atoms with E-state index in [1.165, 1.54) is 12.3 Å². The Morgan fingerprint density at radius 1 is 1.20 bits per heavy atom. The zero-order chi connectivity index (χ0) is 15.4. The van der Waals surface area contributed by atoms with Gasteiger partial charge in [0.15, 0.2) is 0 Å². The predicted octanol–water partition coefficient (Wildman–Crippen LogP) is 3.40. The Kier molecular flexibility index (Phi) is 5.46. The van der Waals surface area contributed by atoms with Crippen LogP contribution in [-0.4, -0.2) is 25.0 Å². The molecule has 0 aliphatic carbocycles. The number of rotatable bonds is 6. The van der Waals surface area contributed by atoms with E-state index in [0.29, 0.717) is 18.7 Å². The monoisotopic (exact) mass is 305 g/mol. The molecule has 0 atom stereocenters. The lowest BCUT2D eigenvalue weighted by Gasteiger charge is -2.22. The molecule has 1 heterocycles. The predicted molar refractivity (Wildman–Crippen MR) is 56.8 cm³/mol. The number of hydrogen-bond donors (Lipinski definition) is 1. The molecule has 0 fully saturated rings. The molecule has 116 valence electrons. The van der Waals surface area contributed by atoms with Gasteiger partial charge in [0, 0.05) is 12.1 Å². The third kappa shape index (κ3) is 5.04. The number of halogens is 6. The highest BCUT2D eigenvalue weighted by molar-refractivity contribution is 5.12. The first-order chi connectivity index (χ1) is 9.14. The van der Waals surface area contributed by atoms with Crippen molar-refractivity contribution < 1.29 is 35.5 Å². The molecule has 0 spiro atoms. The van der Waals surface area contributed by atoms with E-state index in [2.05, 4.69) is 10.1 Å². The summed E-state index contributed by atoms with van der Waals surface area (Å²) >= 11 is 0. The number of hydrogen-bond acceptors (Lipinski definition) is 3. The quantitative estimate of drug-likeness (QED) is 0.818. The Morgan fingerprint density at radius 3 is 2.30 bits per heavy atom. The minimum atomic E-state index is -5.52. The molecule has 0 aliphatic rings. The van der Waals surface area contributed by atoms with E-state index in [1.807, 2.05) is 6.92 Å². The van der Waals surface area contributed by atoms with E-state index < -0.39 is 25.1 Å². The van der Waals surface area contributed by atoms with Crippen LogP contribution in [0.3, 0.4) is 0 Å². The highest BCUT2D eigenvalue weighted by Crippen LogP contribution is 2.36. The minimum Gasteiger partial charge on any atom is -0.467 e. The van der Waals surface area contributed by atoms with Gasteiger partial charge in [0.1, 0.15) is 12.4 Å². The normalized spacial score (nSPS) is 13.2. The SMILES string of the molecule is CCNCc1coc(COC(C(F)(F)F)C(F)(F)F)c1. The number of furan rings is 1. The molecule has 3 nitrogen and oxygen atoms in total. The van der Waals surface area contributed by atoms with E-state index in [-0.39, 0.29) is 5.76 Å². The fourth-order valence-corrected chi connectivity index (χ4v) is 1.40. The second-order valence-corrected chi connectivity index (χ2v) is 3.98. The summed E-state index contributed by atoms with van der Waals surface area (Å²) in [5.74, 6) is -0.101. The summed E-state index contributed by atoms with van der Waals surface area (Å²) in [7, 11) is 0. The minimum absolute atomic E-state index is 0.101. The van der Waals surface area contributed by atoms with Crippen LogP contribution in [-0.2, 0) is 17.9 Å². The van der Waals surface area contributed by atoms with Crippen molar-refractivity contribution in [3.63, 3.8) is 0 Å². The first-order valence-corrected chi connectivity index (χ1v) is 5.66. The summed E-state index contributed by atoms with van der Waals surface area (Å²) in [6.07, 6.45) is -13.6. The van der Waals surface area contributed by atoms with Crippen LogP contribution < -0.4 is 5.32 Å². The van der Waals surface area contributed by atoms with Crippen LogP contribution in [0.1, 0.15) is 18.2 Å². The van der Waals surface area contributed by atoms with E-state index in [0.717, 1.165) is 0 Å². The Labute approximate surface area is 110 Å². The summed E-state index contributed by atoms with van der Waals surface area (Å²) < 4.78 is 82.0. The second kappa shape index (κ2) is 6.49. The highest BCUT2D eigenvalue weighted by atomic mass is 19.4. The maximum Gasteiger partial charge on any atom is 0.423 e. The average Bonchev–Trinajstić information content (AvgIpc) is 2.70. The molecule has 1 rings (SSSR count). The molecule has 1 N–H and O–H groups in total. The standard InChI is InChI=1S/C11H13F6NO2/c1-2-18-4-7-3-8(19-5-7)6-20-9(10(12,13)14)11(15,16)17/h3,5,9,18H,2,4,6H2,1H3. The molecule has 0 aliphatic heterocycles. The number of alkyl halides is 6. The molecule has 0 saturated carbocycles. The van der Waals surface area contributed by atoms with Crippen LogP contribution in [0.15, 0.2) is 16.7 Å². The van der Waals surface area contributed by atoms with Gasteiger partial charge in [-0.2, -0.15) is 26.3 Å². The molecule has 0 saturated heterocycles. The zero-order valence-corrected chi connectivity index (χ0v) is 10.4. The Balaban J connectivity index is 2.62. The average molecular weight is 305 g/mol. The fraction of sp³-hybridized carbons (Fsp3) is 0.636. The number of nitrogens with one attached hydrogen (secondary N) is 1. The third-order valence-corrected chi connectivity index (χ3v) is 2.27. The smallest absolute Gasteiger partial charge is 0.423 e. The maximum absolute atomic E-state index is 12.2. The van der Waals surface area contributed by atoms with Crippen LogP contribution in [0, 0.1) is 0 Å². The van der Waals surface area contributed by atoms with Gasteiger partial charge in [-0.3, -0.25) is 0 Å². The van der Waals surface area contributed by atoms with Crippen LogP contribution in [0.2, 0.25) is 0 Å². The molecule has 1 aromatic rings. The summed E-state index contributed by atoms with van der Waals surface area (Å²) in [5, 5.41) is 2.93. The lowest BCUT2D eigenvalue weighted by Crippen LogP contribution is -2.44. The fourth-order valence-electron chi connectivity index (χ4n) is 1.40. The van der Waals surface area contributed by atoms with Crippen molar-refractivity contribution in [1.29, 1.82) is 0 Å². The molecule has 1 aromatic heterocycles. The summed E-state index contributed by atoms with van der Waals surface area (Å²) in [4.78, 5) is 0. The molecule has 20 heavy (non-hydrogen) atoms. The van der Waals surface area contributed by atoms with Crippen LogP contribution in [0.25, 0.3) is 0 Å². The van der Waals surface area contributed by atoms with Gasteiger partial charge in [0.2, 0.25) is 6.10 Å². The lowest BCUT2D eigenvalue weighted by atomic mass is 10.3. The van der Waals surface area contributed by atoms with Gasteiger partial charge in [-0.1, -0.05) is 6.92 Å². The third-order valence-electron chi connectivity index (χ3n) is 2.27. The maximum atomic E-state index is 12.2. The van der Waals surface area contributed by atoms with Gasteiger partial charge >= 0.3 is 12.4 Å². The second-order valence-electron chi connectivity index (χ2n) is 3.98. The first kappa shape index (κ1) is 16.8. The van der Waals surface area contributed by atoms with Crippen LogP contribution in [0.5, 0.6) is 0 Å². The Hall–Kier alpha value is -1.22. The van der Waals surface area contributed by atoms with Gasteiger partial charge in [-0.25, -0.2) is 0 Å². The molecule has 0 aromatic carbocycles. The first-order valence-electron chi connectivity index (χ1n) is 5.66. The zero-order valence-electron chi connectivity index (χ0n) is 10.4. The van der Waals surface area contributed by atoms with Crippen molar-refractivity contribution in [2.75, 3.05) is 6.54 Å². The van der Waals surface area contributed by atoms with E-state index in [1.54, 1.807) is 0 Å². The van der Waals surface area contributed by atoms with Crippen molar-refractivity contribution in [1.82, 2.24) is 5.32 Å². The van der Waals surface area contributed by atoms with Gasteiger partial charge in [-0.05, 0) is 12.6 Å². The molecular formula is C11H13F6NO2. The highest BCUT2D eigenvalue weighted by Gasteiger charge is 2.58. The van der Waals surface area contributed by atoms with Gasteiger partial charge < -0.3 is 14.5 Å². The molecular weight excluding hydrogens is 292 g/mol. The largest absolute Gasteiger partial charge is 0.467 e. The van der Waals surface area contributed by atoms with Crippen molar-refractivity contribution >= 4 is 0 Å². The molecule has 0 amide bonds. The lowest BCUT2D eigenvalue weighted by molar-refractivity contribution is -0.325. The van der Waals surface area contributed by atoms with Crippen LogP contribution in [0.4, 0.5) is 26.3 Å². The van der Waals surface area contributed by atoms with Gasteiger partial charge in [0.25, 0.3) is 0 Å². The summed E-state index contributed by atoms with van der Waals surface area (Å²) in [6, 6.07) is 1.34. The Bertz CT molecular complexity index is 398. The van der Waals surface area contributed by atoms with Crippen molar-refractivity contribution in [2.24, 2.45) is 0 Å².